The van der Waals surface area contributed by atoms with E-state index in [1.165, 1.54) is 22.9 Å². The third-order valence-electron chi connectivity index (χ3n) is 4.30. The van der Waals surface area contributed by atoms with E-state index < -0.39 is 0 Å². The predicted molar refractivity (Wildman–Crippen MR) is 91.1 cm³/mol. The molecule has 3 nitrogen and oxygen atoms in total. The normalized spacial score (nSPS) is 17.8. The zero-order chi connectivity index (χ0) is 15.7. The predicted octanol–water partition coefficient (Wildman–Crippen LogP) is 3.41. The minimum absolute atomic E-state index is 0.0103. The molecule has 0 saturated heterocycles. The molecule has 0 bridgehead atoms. The number of benzene rings is 2. The van der Waals surface area contributed by atoms with Gasteiger partial charge in [0.2, 0.25) is 0 Å². The van der Waals surface area contributed by atoms with Crippen LogP contribution in [-0.4, -0.2) is 29.6 Å². The molecule has 1 atom stereocenters. The molecule has 2 aromatic carbocycles. The lowest BCUT2D eigenvalue weighted by molar-refractivity contribution is 0.393. The van der Waals surface area contributed by atoms with E-state index in [-0.39, 0.29) is 17.4 Å². The molecule has 0 amide bonds. The topological polar surface area (TPSA) is 52.5 Å². The molecule has 0 saturated carbocycles. The van der Waals surface area contributed by atoms with Crippen LogP contribution in [0.3, 0.4) is 0 Å². The molecular formula is C18H21NO2S. The molecule has 1 aliphatic heterocycles. The van der Waals surface area contributed by atoms with E-state index in [9.17, 15) is 10.2 Å². The van der Waals surface area contributed by atoms with Crippen molar-refractivity contribution < 1.29 is 10.2 Å². The van der Waals surface area contributed by atoms with Gasteiger partial charge in [0.05, 0.1) is 4.90 Å². The maximum Gasteiger partial charge on any atom is 0.171 e. The Morgan fingerprint density at radius 1 is 1.23 bits per heavy atom. The molecule has 4 heteroatoms. The molecule has 116 valence electrons. The van der Waals surface area contributed by atoms with Crippen molar-refractivity contribution in [3.05, 3.63) is 52.6 Å². The Hall–Kier alpha value is -1.65. The molecule has 22 heavy (non-hydrogen) atoms. The second kappa shape index (κ2) is 6.23. The molecular weight excluding hydrogens is 294 g/mol. The largest absolute Gasteiger partial charge is 0.504 e. The molecule has 1 heterocycles. The van der Waals surface area contributed by atoms with Crippen molar-refractivity contribution in [1.29, 1.82) is 0 Å². The van der Waals surface area contributed by atoms with Crippen molar-refractivity contribution in [1.82, 2.24) is 5.32 Å². The lowest BCUT2D eigenvalue weighted by Gasteiger charge is -2.21. The molecule has 3 rings (SSSR count). The van der Waals surface area contributed by atoms with Crippen LogP contribution in [0.15, 0.2) is 35.2 Å². The van der Waals surface area contributed by atoms with Gasteiger partial charge in [0.25, 0.3) is 0 Å². The average molecular weight is 315 g/mol. The summed E-state index contributed by atoms with van der Waals surface area (Å²) in [5.41, 5.74) is 4.75. The monoisotopic (exact) mass is 315 g/mol. The quantitative estimate of drug-likeness (QED) is 0.587. The number of phenols is 2. The van der Waals surface area contributed by atoms with Gasteiger partial charge in [-0.25, -0.2) is 0 Å². The Morgan fingerprint density at radius 2 is 2.05 bits per heavy atom. The summed E-state index contributed by atoms with van der Waals surface area (Å²) in [6.45, 7) is 3.82. The van der Waals surface area contributed by atoms with Crippen molar-refractivity contribution in [3.8, 4) is 11.5 Å². The van der Waals surface area contributed by atoms with Gasteiger partial charge >= 0.3 is 0 Å². The van der Waals surface area contributed by atoms with Crippen LogP contribution in [0.1, 0.15) is 28.2 Å². The van der Waals surface area contributed by atoms with E-state index in [0.717, 1.165) is 35.5 Å². The van der Waals surface area contributed by atoms with Crippen LogP contribution in [0.25, 0.3) is 0 Å². The Bertz CT molecular complexity index is 700. The first-order chi connectivity index (χ1) is 10.6. The Morgan fingerprint density at radius 3 is 2.77 bits per heavy atom. The lowest BCUT2D eigenvalue weighted by Crippen LogP contribution is -2.20. The van der Waals surface area contributed by atoms with Crippen molar-refractivity contribution in [2.24, 2.45) is 0 Å². The number of aryl methyl sites for hydroxylation is 1. The standard InChI is InChI=1S/C18H21NO2S/c1-11-4-3-5-12(8-11)15-10-19-7-6-13-14(15)9-16(20)17(21)18(13)22-2/h3-5,8-9,15,19-21H,6-7,10H2,1-2H3. The fourth-order valence-corrected chi connectivity index (χ4v) is 4.00. The van der Waals surface area contributed by atoms with Gasteiger partial charge in [0.15, 0.2) is 11.5 Å². The smallest absolute Gasteiger partial charge is 0.171 e. The lowest BCUT2D eigenvalue weighted by atomic mass is 9.87. The highest BCUT2D eigenvalue weighted by atomic mass is 32.2. The molecule has 0 aromatic heterocycles. The van der Waals surface area contributed by atoms with E-state index in [1.54, 1.807) is 6.07 Å². The van der Waals surface area contributed by atoms with Gasteiger partial charge in [-0.1, -0.05) is 29.8 Å². The van der Waals surface area contributed by atoms with Crippen LogP contribution in [0.4, 0.5) is 0 Å². The van der Waals surface area contributed by atoms with Gasteiger partial charge in [0, 0.05) is 12.5 Å². The number of aromatic hydroxyl groups is 2. The van der Waals surface area contributed by atoms with Crippen LogP contribution < -0.4 is 5.32 Å². The van der Waals surface area contributed by atoms with Crippen LogP contribution in [0.5, 0.6) is 11.5 Å². The van der Waals surface area contributed by atoms with Crippen molar-refractivity contribution in [2.75, 3.05) is 19.3 Å². The second-order valence-electron chi connectivity index (χ2n) is 5.77. The third-order valence-corrected chi connectivity index (χ3v) is 5.14. The van der Waals surface area contributed by atoms with Gasteiger partial charge in [0.1, 0.15) is 0 Å². The molecule has 0 radical (unpaired) electrons. The maximum absolute atomic E-state index is 10.2. The van der Waals surface area contributed by atoms with Crippen molar-refractivity contribution in [2.45, 2.75) is 24.2 Å². The highest BCUT2D eigenvalue weighted by Crippen LogP contribution is 2.44. The molecule has 0 spiro atoms. The molecule has 3 N–H and O–H groups in total. The van der Waals surface area contributed by atoms with Crippen LogP contribution in [0, 0.1) is 6.92 Å². The first-order valence-electron chi connectivity index (χ1n) is 7.50. The van der Waals surface area contributed by atoms with Gasteiger partial charge in [-0.2, -0.15) is 0 Å². The average Bonchev–Trinajstić information content (AvgIpc) is 2.71. The number of rotatable bonds is 2. The fraction of sp³-hybridized carbons (Fsp3) is 0.333. The van der Waals surface area contributed by atoms with Crippen LogP contribution in [0.2, 0.25) is 0 Å². The Labute approximate surface area is 135 Å². The summed E-state index contributed by atoms with van der Waals surface area (Å²) in [5, 5.41) is 23.7. The maximum atomic E-state index is 10.2. The summed E-state index contributed by atoms with van der Waals surface area (Å²) in [6, 6.07) is 10.2. The Kier molecular flexibility index (Phi) is 4.32. The zero-order valence-corrected chi connectivity index (χ0v) is 13.7. The number of phenolic OH excluding ortho intramolecular Hbond substituents is 2. The highest BCUT2D eigenvalue weighted by molar-refractivity contribution is 7.98. The zero-order valence-electron chi connectivity index (χ0n) is 12.9. The van der Waals surface area contributed by atoms with Crippen molar-refractivity contribution >= 4 is 11.8 Å². The van der Waals surface area contributed by atoms with E-state index in [0.29, 0.717) is 0 Å². The summed E-state index contributed by atoms with van der Waals surface area (Å²) in [7, 11) is 0. The molecule has 1 unspecified atom stereocenters. The van der Waals surface area contributed by atoms with E-state index in [2.05, 4.69) is 36.5 Å². The van der Waals surface area contributed by atoms with Gasteiger partial charge in [-0.05, 0) is 48.9 Å². The molecule has 2 aromatic rings. The van der Waals surface area contributed by atoms with Crippen molar-refractivity contribution in [3.63, 3.8) is 0 Å². The number of hydrogen-bond donors (Lipinski definition) is 3. The number of hydrogen-bond acceptors (Lipinski definition) is 4. The summed E-state index contributed by atoms with van der Waals surface area (Å²) in [5.74, 6) is 0.175. The number of nitrogens with one attached hydrogen (secondary N) is 1. The summed E-state index contributed by atoms with van der Waals surface area (Å²) in [4.78, 5) is 0.802. The van der Waals surface area contributed by atoms with E-state index in [4.69, 9.17) is 0 Å². The van der Waals surface area contributed by atoms with Gasteiger partial charge < -0.3 is 15.5 Å². The first-order valence-corrected chi connectivity index (χ1v) is 8.73. The minimum atomic E-state index is -0.0253. The van der Waals surface area contributed by atoms with Gasteiger partial charge in [-0.3, -0.25) is 0 Å². The first kappa shape index (κ1) is 15.3. The number of thioether (sulfide) groups is 1. The molecule has 0 aliphatic carbocycles. The summed E-state index contributed by atoms with van der Waals surface area (Å²) in [6.07, 6.45) is 2.80. The van der Waals surface area contributed by atoms with E-state index in [1.807, 2.05) is 6.26 Å². The summed E-state index contributed by atoms with van der Waals surface area (Å²) < 4.78 is 0. The minimum Gasteiger partial charge on any atom is -0.504 e. The second-order valence-corrected chi connectivity index (χ2v) is 6.58. The van der Waals surface area contributed by atoms with E-state index >= 15 is 0 Å². The molecule has 1 aliphatic rings. The van der Waals surface area contributed by atoms with Crippen LogP contribution in [-0.2, 0) is 6.42 Å². The SMILES string of the molecule is CSc1c(O)c(O)cc2c1CCNCC2c1cccc(C)c1. The number of fused-ring (bicyclic) bond motifs is 1. The van der Waals surface area contributed by atoms with Crippen LogP contribution >= 0.6 is 11.8 Å². The highest BCUT2D eigenvalue weighted by Gasteiger charge is 2.25. The third kappa shape index (κ3) is 2.69. The fourth-order valence-electron chi connectivity index (χ4n) is 3.24. The summed E-state index contributed by atoms with van der Waals surface area (Å²) >= 11 is 1.50. The molecule has 0 fully saturated rings. The Balaban J connectivity index is 2.19. The van der Waals surface area contributed by atoms with Gasteiger partial charge in [-0.15, -0.1) is 11.8 Å².